The zero-order valence-electron chi connectivity index (χ0n) is 14.3. The highest BCUT2D eigenvalue weighted by molar-refractivity contribution is 6.31. The van der Waals surface area contributed by atoms with Gasteiger partial charge in [-0.3, -0.25) is 14.9 Å². The molecule has 7 nitrogen and oxygen atoms in total. The summed E-state index contributed by atoms with van der Waals surface area (Å²) in [4.78, 5) is 36.6. The minimum atomic E-state index is -1.07. The molecule has 0 spiro atoms. The van der Waals surface area contributed by atoms with Crippen molar-refractivity contribution in [1.29, 1.82) is 0 Å². The minimum Gasteiger partial charge on any atom is -0.449 e. The Morgan fingerprint density at radius 3 is 2.17 bits per heavy atom. The van der Waals surface area contributed by atoms with E-state index in [4.69, 9.17) is 16.3 Å². The Balaban J connectivity index is 3.01. The average Bonchev–Trinajstić information content (AvgIpc) is 2.45. The number of ether oxygens (including phenoxy) is 1. The monoisotopic (exact) mass is 356 g/mol. The maximum absolute atomic E-state index is 12.5. The van der Waals surface area contributed by atoms with Crippen LogP contribution in [0.2, 0.25) is 5.02 Å². The fraction of sp³-hybridized carbons (Fsp3) is 0.500. The number of nitrogens with zero attached hydrogens (tertiary/aromatic N) is 2. The number of nitro groups is 1. The van der Waals surface area contributed by atoms with E-state index in [9.17, 15) is 19.7 Å². The number of rotatable bonds is 6. The third-order valence-corrected chi connectivity index (χ3v) is 3.61. The first-order chi connectivity index (χ1) is 11.1. The van der Waals surface area contributed by atoms with E-state index in [0.717, 1.165) is 12.1 Å². The van der Waals surface area contributed by atoms with Gasteiger partial charge in [-0.05, 0) is 46.8 Å². The topological polar surface area (TPSA) is 89.7 Å². The van der Waals surface area contributed by atoms with Crippen molar-refractivity contribution in [3.05, 3.63) is 38.9 Å². The highest BCUT2D eigenvalue weighted by Crippen LogP contribution is 2.24. The summed E-state index contributed by atoms with van der Waals surface area (Å²) in [6, 6.07) is 3.45. The molecule has 1 rings (SSSR count). The Kier molecular flexibility index (Phi) is 6.71. The Hall–Kier alpha value is -2.15. The number of esters is 1. The van der Waals surface area contributed by atoms with Gasteiger partial charge < -0.3 is 9.64 Å². The number of halogens is 1. The molecule has 1 unspecified atom stereocenters. The molecule has 0 saturated carbocycles. The largest absolute Gasteiger partial charge is 0.449 e. The van der Waals surface area contributed by atoms with Crippen LogP contribution in [0.3, 0.4) is 0 Å². The number of nitro benzene ring substituents is 1. The van der Waals surface area contributed by atoms with E-state index in [0.29, 0.717) is 0 Å². The Labute approximate surface area is 145 Å². The average molecular weight is 357 g/mol. The van der Waals surface area contributed by atoms with Gasteiger partial charge in [-0.1, -0.05) is 11.6 Å². The van der Waals surface area contributed by atoms with Gasteiger partial charge in [0, 0.05) is 23.2 Å². The molecule has 0 aliphatic carbocycles. The SMILES string of the molecule is CC(OC(=O)c1cc(Cl)ccc1[N+](=O)[O-])C(=O)N(C(C)C)C(C)C. The standard InChI is InChI=1S/C16H21ClN2O5/c1-9(2)18(10(3)4)15(20)11(5)24-16(21)13-8-12(17)6-7-14(13)19(22)23/h6-11H,1-5H3. The van der Waals surface area contributed by atoms with Gasteiger partial charge in [0.2, 0.25) is 0 Å². The molecule has 1 aromatic rings. The highest BCUT2D eigenvalue weighted by Gasteiger charge is 2.30. The lowest BCUT2D eigenvalue weighted by Gasteiger charge is -2.32. The van der Waals surface area contributed by atoms with E-state index in [2.05, 4.69) is 0 Å². The molecule has 0 saturated heterocycles. The second kappa shape index (κ2) is 8.10. The number of hydrogen-bond donors (Lipinski definition) is 0. The van der Waals surface area contributed by atoms with E-state index in [-0.39, 0.29) is 28.6 Å². The zero-order valence-corrected chi connectivity index (χ0v) is 15.0. The summed E-state index contributed by atoms with van der Waals surface area (Å²) in [7, 11) is 0. The van der Waals surface area contributed by atoms with Gasteiger partial charge in [0.15, 0.2) is 6.10 Å². The fourth-order valence-electron chi connectivity index (χ4n) is 2.42. The molecule has 0 radical (unpaired) electrons. The molecule has 0 N–H and O–H groups in total. The molecule has 0 aromatic heterocycles. The summed E-state index contributed by atoms with van der Waals surface area (Å²) in [6.07, 6.45) is -1.07. The normalized spacial score (nSPS) is 12.2. The Bertz CT molecular complexity index is 637. The number of benzene rings is 1. The van der Waals surface area contributed by atoms with E-state index >= 15 is 0 Å². The van der Waals surface area contributed by atoms with Crippen LogP contribution < -0.4 is 0 Å². The predicted molar refractivity (Wildman–Crippen MR) is 90.1 cm³/mol. The van der Waals surface area contributed by atoms with Crippen LogP contribution in [0.4, 0.5) is 5.69 Å². The van der Waals surface area contributed by atoms with Crippen LogP contribution >= 0.6 is 11.6 Å². The number of carbonyl (C=O) groups excluding carboxylic acids is 2. The molecule has 0 aliphatic heterocycles. The Morgan fingerprint density at radius 1 is 1.17 bits per heavy atom. The number of amides is 1. The fourth-order valence-corrected chi connectivity index (χ4v) is 2.59. The predicted octanol–water partition coefficient (Wildman–Crippen LogP) is 3.44. The summed E-state index contributed by atoms with van der Waals surface area (Å²) < 4.78 is 5.13. The van der Waals surface area contributed by atoms with Crippen LogP contribution in [0.25, 0.3) is 0 Å². The second-order valence-corrected chi connectivity index (χ2v) is 6.34. The van der Waals surface area contributed by atoms with Crippen LogP contribution in [0.5, 0.6) is 0 Å². The van der Waals surface area contributed by atoms with Crippen LogP contribution in [-0.2, 0) is 9.53 Å². The molecule has 1 atom stereocenters. The first-order valence-electron chi connectivity index (χ1n) is 7.53. The quantitative estimate of drug-likeness (QED) is 0.442. The van der Waals surface area contributed by atoms with E-state index < -0.39 is 22.7 Å². The molecule has 1 aromatic carbocycles. The van der Waals surface area contributed by atoms with Crippen molar-refractivity contribution < 1.29 is 19.2 Å². The summed E-state index contributed by atoms with van der Waals surface area (Å²) in [6.45, 7) is 8.86. The summed E-state index contributed by atoms with van der Waals surface area (Å²) in [5.41, 5.74) is -0.707. The number of carbonyl (C=O) groups is 2. The van der Waals surface area contributed by atoms with Gasteiger partial charge in [-0.15, -0.1) is 0 Å². The first-order valence-corrected chi connectivity index (χ1v) is 7.91. The van der Waals surface area contributed by atoms with Crippen LogP contribution in [0, 0.1) is 10.1 Å². The van der Waals surface area contributed by atoms with Crippen molar-refractivity contribution in [2.45, 2.75) is 52.8 Å². The lowest BCUT2D eigenvalue weighted by Crippen LogP contribution is -2.47. The third-order valence-electron chi connectivity index (χ3n) is 3.37. The molecule has 0 bridgehead atoms. The van der Waals surface area contributed by atoms with Crippen LogP contribution in [0.1, 0.15) is 45.0 Å². The molecule has 24 heavy (non-hydrogen) atoms. The molecular formula is C16H21ClN2O5. The maximum Gasteiger partial charge on any atom is 0.345 e. The van der Waals surface area contributed by atoms with Gasteiger partial charge >= 0.3 is 5.97 Å². The van der Waals surface area contributed by atoms with Gasteiger partial charge in [0.05, 0.1) is 4.92 Å². The van der Waals surface area contributed by atoms with Crippen molar-refractivity contribution in [2.24, 2.45) is 0 Å². The summed E-state index contributed by atoms with van der Waals surface area (Å²) >= 11 is 5.79. The lowest BCUT2D eigenvalue weighted by atomic mass is 10.1. The van der Waals surface area contributed by atoms with Crippen LogP contribution in [-0.4, -0.2) is 39.9 Å². The van der Waals surface area contributed by atoms with E-state index in [1.165, 1.54) is 13.0 Å². The second-order valence-electron chi connectivity index (χ2n) is 5.90. The molecule has 0 fully saturated rings. The first kappa shape index (κ1) is 19.9. The van der Waals surface area contributed by atoms with Crippen LogP contribution in [0.15, 0.2) is 18.2 Å². The molecule has 0 aliphatic rings. The summed E-state index contributed by atoms with van der Waals surface area (Å²) in [5, 5.41) is 11.2. The molecule has 8 heteroatoms. The van der Waals surface area contributed by atoms with Gasteiger partial charge in [-0.2, -0.15) is 0 Å². The van der Waals surface area contributed by atoms with Gasteiger partial charge in [0.25, 0.3) is 11.6 Å². The Morgan fingerprint density at radius 2 is 1.71 bits per heavy atom. The van der Waals surface area contributed by atoms with Gasteiger partial charge in [0.1, 0.15) is 5.56 Å². The highest BCUT2D eigenvalue weighted by atomic mass is 35.5. The lowest BCUT2D eigenvalue weighted by molar-refractivity contribution is -0.385. The van der Waals surface area contributed by atoms with E-state index in [1.807, 2.05) is 27.7 Å². The van der Waals surface area contributed by atoms with Crippen molar-refractivity contribution in [1.82, 2.24) is 4.90 Å². The van der Waals surface area contributed by atoms with Crippen molar-refractivity contribution in [2.75, 3.05) is 0 Å². The smallest absolute Gasteiger partial charge is 0.345 e. The third kappa shape index (κ3) is 4.67. The molecule has 1 amide bonds. The molecule has 0 heterocycles. The zero-order chi connectivity index (χ0) is 18.6. The minimum absolute atomic E-state index is 0.0702. The maximum atomic E-state index is 12.5. The molecule has 132 valence electrons. The molecular weight excluding hydrogens is 336 g/mol. The van der Waals surface area contributed by atoms with Crippen molar-refractivity contribution in [3.63, 3.8) is 0 Å². The number of hydrogen-bond acceptors (Lipinski definition) is 5. The van der Waals surface area contributed by atoms with Crippen molar-refractivity contribution in [3.8, 4) is 0 Å². The van der Waals surface area contributed by atoms with Crippen molar-refractivity contribution >= 4 is 29.2 Å². The van der Waals surface area contributed by atoms with Gasteiger partial charge in [-0.25, -0.2) is 4.79 Å². The van der Waals surface area contributed by atoms with E-state index in [1.54, 1.807) is 4.90 Å². The summed E-state index contributed by atoms with van der Waals surface area (Å²) in [5.74, 6) is -1.32.